The minimum Gasteiger partial charge on any atom is -0.467 e. The third kappa shape index (κ3) is 3.70. The molecule has 3 aromatic heterocycles. The number of furan rings is 1. The average molecular weight is 321 g/mol. The van der Waals surface area contributed by atoms with Crippen molar-refractivity contribution in [3.05, 3.63) is 40.2 Å². The predicted molar refractivity (Wildman–Crippen MR) is 81.3 cm³/mol. The molecule has 0 N–H and O–H groups in total. The van der Waals surface area contributed by atoms with E-state index in [2.05, 4.69) is 32.8 Å². The normalized spacial score (nSPS) is 11.1. The van der Waals surface area contributed by atoms with E-state index in [0.29, 0.717) is 6.54 Å². The Bertz CT molecular complexity index is 676. The molecular weight excluding hydrogens is 306 g/mol. The molecule has 0 fully saturated rings. The van der Waals surface area contributed by atoms with E-state index in [0.717, 1.165) is 35.2 Å². The Kier molecular flexibility index (Phi) is 4.66. The summed E-state index contributed by atoms with van der Waals surface area (Å²) < 4.78 is 7.06. The summed E-state index contributed by atoms with van der Waals surface area (Å²) in [4.78, 5) is 4.61. The van der Waals surface area contributed by atoms with E-state index in [1.165, 1.54) is 5.01 Å². The molecule has 0 spiro atoms. The number of tetrazole rings is 1. The first-order valence-electron chi connectivity index (χ1n) is 6.69. The molecule has 3 aromatic rings. The molecule has 6 nitrogen and oxygen atoms in total. The van der Waals surface area contributed by atoms with Crippen LogP contribution in [-0.4, -0.2) is 25.2 Å². The highest BCUT2D eigenvalue weighted by Gasteiger charge is 2.10. The van der Waals surface area contributed by atoms with E-state index in [1.807, 2.05) is 12.1 Å². The monoisotopic (exact) mass is 321 g/mol. The van der Waals surface area contributed by atoms with Crippen LogP contribution in [0.3, 0.4) is 0 Å². The number of aromatic nitrogens is 5. The summed E-state index contributed by atoms with van der Waals surface area (Å²) in [5.41, 5.74) is 1.08. The van der Waals surface area contributed by atoms with Crippen LogP contribution in [0.4, 0.5) is 0 Å². The molecule has 0 saturated carbocycles. The van der Waals surface area contributed by atoms with Crippen LogP contribution in [0, 0.1) is 0 Å². The number of thioether (sulfide) groups is 1. The van der Waals surface area contributed by atoms with Gasteiger partial charge in [-0.2, -0.15) is 0 Å². The van der Waals surface area contributed by atoms with Gasteiger partial charge in [0.15, 0.2) is 0 Å². The van der Waals surface area contributed by atoms with Crippen molar-refractivity contribution < 1.29 is 4.42 Å². The number of hydrogen-bond donors (Lipinski definition) is 0. The highest BCUT2D eigenvalue weighted by Crippen LogP contribution is 2.22. The molecule has 21 heavy (non-hydrogen) atoms. The molecule has 0 bridgehead atoms. The van der Waals surface area contributed by atoms with Gasteiger partial charge in [0.05, 0.1) is 17.0 Å². The zero-order chi connectivity index (χ0) is 14.5. The lowest BCUT2D eigenvalue weighted by atomic mass is 10.3. The average Bonchev–Trinajstić information content (AvgIpc) is 3.20. The van der Waals surface area contributed by atoms with Crippen molar-refractivity contribution in [1.29, 1.82) is 0 Å². The van der Waals surface area contributed by atoms with E-state index in [9.17, 15) is 0 Å². The summed E-state index contributed by atoms with van der Waals surface area (Å²) in [6, 6.07) is 3.77. The van der Waals surface area contributed by atoms with Crippen molar-refractivity contribution in [3.8, 4) is 0 Å². The van der Waals surface area contributed by atoms with Crippen molar-refractivity contribution in [2.45, 2.75) is 37.2 Å². The maximum Gasteiger partial charge on any atom is 0.210 e. The van der Waals surface area contributed by atoms with E-state index in [4.69, 9.17) is 4.42 Å². The summed E-state index contributed by atoms with van der Waals surface area (Å²) in [6.45, 7) is 2.71. The maximum absolute atomic E-state index is 5.32. The molecule has 0 unspecified atom stereocenters. The number of thiazole rings is 1. The summed E-state index contributed by atoms with van der Waals surface area (Å²) in [5.74, 6) is 1.61. The predicted octanol–water partition coefficient (Wildman–Crippen LogP) is 3.02. The molecule has 0 saturated heterocycles. The summed E-state index contributed by atoms with van der Waals surface area (Å²) in [5, 5.41) is 15.9. The van der Waals surface area contributed by atoms with Crippen molar-refractivity contribution >= 4 is 23.1 Å². The smallest absolute Gasteiger partial charge is 0.210 e. The van der Waals surface area contributed by atoms with Crippen LogP contribution in [0.15, 0.2) is 33.3 Å². The van der Waals surface area contributed by atoms with Crippen molar-refractivity contribution in [2.75, 3.05) is 0 Å². The van der Waals surface area contributed by atoms with Gasteiger partial charge < -0.3 is 4.42 Å². The minimum absolute atomic E-state index is 0.542. The highest BCUT2D eigenvalue weighted by molar-refractivity contribution is 7.98. The fraction of sp³-hybridized carbons (Fsp3) is 0.385. The zero-order valence-electron chi connectivity index (χ0n) is 11.6. The Hall–Kier alpha value is -1.67. The second-order valence-corrected chi connectivity index (χ2v) is 6.35. The molecule has 0 amide bonds. The molecule has 0 atom stereocenters. The Morgan fingerprint density at radius 2 is 2.38 bits per heavy atom. The van der Waals surface area contributed by atoms with Crippen LogP contribution in [-0.2, 0) is 18.7 Å². The Labute approximate surface area is 130 Å². The van der Waals surface area contributed by atoms with Crippen LogP contribution in [0.2, 0.25) is 0 Å². The van der Waals surface area contributed by atoms with E-state index in [1.54, 1.807) is 34.0 Å². The molecule has 0 aliphatic heterocycles. The van der Waals surface area contributed by atoms with Gasteiger partial charge in [0.25, 0.3) is 0 Å². The van der Waals surface area contributed by atoms with Crippen LogP contribution in [0.25, 0.3) is 0 Å². The topological polar surface area (TPSA) is 69.6 Å². The molecule has 8 heteroatoms. The number of nitrogens with zero attached hydrogens (tertiary/aromatic N) is 5. The van der Waals surface area contributed by atoms with Crippen LogP contribution >= 0.6 is 23.1 Å². The number of rotatable bonds is 7. The summed E-state index contributed by atoms with van der Waals surface area (Å²) in [7, 11) is 0. The van der Waals surface area contributed by atoms with Crippen molar-refractivity contribution in [2.24, 2.45) is 0 Å². The molecule has 0 aliphatic rings. The van der Waals surface area contributed by atoms with Gasteiger partial charge in [0.1, 0.15) is 12.3 Å². The maximum atomic E-state index is 5.32. The largest absolute Gasteiger partial charge is 0.467 e. The van der Waals surface area contributed by atoms with Gasteiger partial charge in [-0.3, -0.25) is 0 Å². The number of hydrogen-bond acceptors (Lipinski definition) is 7. The van der Waals surface area contributed by atoms with Crippen molar-refractivity contribution in [3.63, 3.8) is 0 Å². The lowest BCUT2D eigenvalue weighted by molar-refractivity contribution is 0.462. The first kappa shape index (κ1) is 14.3. The van der Waals surface area contributed by atoms with Gasteiger partial charge in [-0.1, -0.05) is 18.7 Å². The van der Waals surface area contributed by atoms with Gasteiger partial charge in [-0.05, 0) is 35.4 Å². The Balaban J connectivity index is 1.61. The van der Waals surface area contributed by atoms with Crippen molar-refractivity contribution in [1.82, 2.24) is 25.2 Å². The van der Waals surface area contributed by atoms with Gasteiger partial charge in [-0.25, -0.2) is 9.67 Å². The second kappa shape index (κ2) is 6.86. The number of aryl methyl sites for hydroxylation is 1. The first-order chi connectivity index (χ1) is 10.3. The van der Waals surface area contributed by atoms with E-state index >= 15 is 0 Å². The quantitative estimate of drug-likeness (QED) is 0.623. The van der Waals surface area contributed by atoms with Gasteiger partial charge in [0, 0.05) is 11.1 Å². The molecule has 110 valence electrons. The van der Waals surface area contributed by atoms with Crippen LogP contribution in [0.1, 0.15) is 29.8 Å². The summed E-state index contributed by atoms with van der Waals surface area (Å²) in [6.07, 6.45) is 3.82. The molecule has 3 heterocycles. The molecular formula is C13H15N5OS2. The van der Waals surface area contributed by atoms with Gasteiger partial charge in [0.2, 0.25) is 5.16 Å². The second-order valence-electron chi connectivity index (χ2n) is 4.47. The minimum atomic E-state index is 0.542. The lowest BCUT2D eigenvalue weighted by Gasteiger charge is -2.01. The van der Waals surface area contributed by atoms with Gasteiger partial charge in [-0.15, -0.1) is 16.4 Å². The third-order valence-electron chi connectivity index (χ3n) is 2.80. The van der Waals surface area contributed by atoms with Crippen LogP contribution < -0.4 is 0 Å². The molecule has 0 radical (unpaired) electrons. The first-order valence-corrected chi connectivity index (χ1v) is 8.56. The Morgan fingerprint density at radius 3 is 3.19 bits per heavy atom. The SMILES string of the molecule is CCCc1nc(CSc2nnnn2Cc2ccco2)cs1. The molecule has 3 rings (SSSR count). The fourth-order valence-electron chi connectivity index (χ4n) is 1.83. The standard InChI is InChI=1S/C13H15N5OS2/c1-2-4-12-14-10(8-20-12)9-21-13-15-16-17-18(13)7-11-5-3-6-19-11/h3,5-6,8H,2,4,7,9H2,1H3. The highest BCUT2D eigenvalue weighted by atomic mass is 32.2. The Morgan fingerprint density at radius 1 is 1.43 bits per heavy atom. The third-order valence-corrected chi connectivity index (χ3v) is 4.75. The molecule has 0 aliphatic carbocycles. The summed E-state index contributed by atoms with van der Waals surface area (Å²) >= 11 is 3.31. The zero-order valence-corrected chi connectivity index (χ0v) is 13.2. The van der Waals surface area contributed by atoms with E-state index in [-0.39, 0.29) is 0 Å². The fourth-order valence-corrected chi connectivity index (χ4v) is 3.61. The van der Waals surface area contributed by atoms with Crippen LogP contribution in [0.5, 0.6) is 0 Å². The molecule has 0 aromatic carbocycles. The van der Waals surface area contributed by atoms with Gasteiger partial charge >= 0.3 is 0 Å². The lowest BCUT2D eigenvalue weighted by Crippen LogP contribution is -2.03. The van der Waals surface area contributed by atoms with E-state index < -0.39 is 0 Å².